The van der Waals surface area contributed by atoms with E-state index >= 15 is 8.78 Å². The number of anilines is 2. The molecule has 2 saturated heterocycles. The molecule has 2 heterocycles. The van der Waals surface area contributed by atoms with Crippen LogP contribution in [-0.2, 0) is 30.4 Å². The zero-order chi connectivity index (χ0) is 29.9. The van der Waals surface area contributed by atoms with Gasteiger partial charge in [-0.1, -0.05) is 36.4 Å². The molecule has 0 radical (unpaired) electrons. The minimum atomic E-state index is -3.71. The molecule has 5 rings (SSSR count). The number of halogens is 2. The maximum absolute atomic E-state index is 15.2. The molecule has 10 nitrogen and oxygen atoms in total. The Morgan fingerprint density at radius 3 is 2.38 bits per heavy atom. The van der Waals surface area contributed by atoms with Gasteiger partial charge < -0.3 is 19.3 Å². The van der Waals surface area contributed by atoms with Crippen LogP contribution < -0.4 is 9.80 Å². The predicted octanol–water partition coefficient (Wildman–Crippen LogP) is 4.39. The average molecular weight is 602 g/mol. The van der Waals surface area contributed by atoms with Gasteiger partial charge in [0.15, 0.2) is 0 Å². The summed E-state index contributed by atoms with van der Waals surface area (Å²) in [6.07, 6.45) is -1.13. The second-order valence-electron chi connectivity index (χ2n) is 9.95. The number of ether oxygens (including phenoxy) is 2. The van der Waals surface area contributed by atoms with Gasteiger partial charge in [-0.2, -0.15) is 8.42 Å². The lowest BCUT2D eigenvalue weighted by Gasteiger charge is -2.35. The van der Waals surface area contributed by atoms with Crippen molar-refractivity contribution >= 4 is 33.7 Å². The number of benzene rings is 3. The molecule has 2 aliphatic rings. The third kappa shape index (κ3) is 6.97. The summed E-state index contributed by atoms with van der Waals surface area (Å²) in [7, 11) is -3.71. The number of piperazine rings is 1. The minimum Gasteiger partial charge on any atom is -0.445 e. The van der Waals surface area contributed by atoms with E-state index in [1.807, 2.05) is 35.2 Å². The second-order valence-corrected chi connectivity index (χ2v) is 11.6. The third-order valence-electron chi connectivity index (χ3n) is 6.95. The molecule has 2 fully saturated rings. The van der Waals surface area contributed by atoms with E-state index in [0.717, 1.165) is 17.9 Å². The summed E-state index contributed by atoms with van der Waals surface area (Å²) in [6, 6.07) is 17.9. The molecule has 0 spiro atoms. The first kappa shape index (κ1) is 29.3. The van der Waals surface area contributed by atoms with Crippen LogP contribution in [-0.4, -0.2) is 77.2 Å². The van der Waals surface area contributed by atoms with E-state index in [0.29, 0.717) is 37.4 Å². The van der Waals surface area contributed by atoms with Crippen LogP contribution in [0.1, 0.15) is 5.56 Å². The molecule has 3 aromatic carbocycles. The van der Waals surface area contributed by atoms with Crippen molar-refractivity contribution in [3.63, 3.8) is 0 Å². The molecule has 222 valence electrons. The SMILES string of the molecule is CS(=O)(=O)OC[C@H]1CN(c2ccc(-c3ccc(N4CCN(C(=O)OCc5ccccc5)CC4)c(F)c3)c(F)c2)C(=O)O1. The van der Waals surface area contributed by atoms with Gasteiger partial charge in [0.2, 0.25) is 0 Å². The summed E-state index contributed by atoms with van der Waals surface area (Å²) in [5.41, 5.74) is 1.89. The number of cyclic esters (lactones) is 1. The highest BCUT2D eigenvalue weighted by Crippen LogP contribution is 2.32. The summed E-state index contributed by atoms with van der Waals surface area (Å²) in [4.78, 5) is 29.3. The summed E-state index contributed by atoms with van der Waals surface area (Å²) in [5.74, 6) is -1.21. The summed E-state index contributed by atoms with van der Waals surface area (Å²) in [5, 5.41) is 0. The molecule has 0 unspecified atom stereocenters. The fourth-order valence-corrected chi connectivity index (χ4v) is 5.20. The van der Waals surface area contributed by atoms with E-state index in [9.17, 15) is 18.0 Å². The average Bonchev–Trinajstić information content (AvgIpc) is 3.35. The molecule has 0 saturated carbocycles. The van der Waals surface area contributed by atoms with Crippen LogP contribution in [0.3, 0.4) is 0 Å². The van der Waals surface area contributed by atoms with Crippen molar-refractivity contribution in [2.24, 2.45) is 0 Å². The lowest BCUT2D eigenvalue weighted by atomic mass is 10.0. The fourth-order valence-electron chi connectivity index (χ4n) is 4.80. The normalized spacial score (nSPS) is 17.4. The molecular weight excluding hydrogens is 572 g/mol. The number of nitrogens with zero attached hydrogens (tertiary/aromatic N) is 3. The van der Waals surface area contributed by atoms with Gasteiger partial charge in [-0.25, -0.2) is 18.4 Å². The minimum absolute atomic E-state index is 0.0194. The quantitative estimate of drug-likeness (QED) is 0.350. The van der Waals surface area contributed by atoms with Crippen LogP contribution in [0.15, 0.2) is 66.7 Å². The van der Waals surface area contributed by atoms with Gasteiger partial charge in [0.25, 0.3) is 10.1 Å². The molecule has 0 bridgehead atoms. The van der Waals surface area contributed by atoms with Gasteiger partial charge in [0.1, 0.15) is 31.0 Å². The van der Waals surface area contributed by atoms with Gasteiger partial charge >= 0.3 is 12.2 Å². The highest BCUT2D eigenvalue weighted by atomic mass is 32.2. The monoisotopic (exact) mass is 601 g/mol. The molecule has 2 amide bonds. The smallest absolute Gasteiger partial charge is 0.414 e. The Labute approximate surface area is 242 Å². The van der Waals surface area contributed by atoms with E-state index in [1.165, 1.54) is 23.1 Å². The summed E-state index contributed by atoms with van der Waals surface area (Å²) in [6.45, 7) is 1.35. The van der Waals surface area contributed by atoms with Crippen LogP contribution in [0.25, 0.3) is 11.1 Å². The van der Waals surface area contributed by atoms with Gasteiger partial charge in [-0.15, -0.1) is 0 Å². The van der Waals surface area contributed by atoms with Crippen molar-refractivity contribution in [1.82, 2.24) is 4.90 Å². The van der Waals surface area contributed by atoms with Crippen molar-refractivity contribution < 1.29 is 40.4 Å². The van der Waals surface area contributed by atoms with Crippen molar-refractivity contribution in [3.8, 4) is 11.1 Å². The van der Waals surface area contributed by atoms with Crippen molar-refractivity contribution in [3.05, 3.63) is 83.9 Å². The van der Waals surface area contributed by atoms with Crippen molar-refractivity contribution in [2.75, 3.05) is 55.4 Å². The second kappa shape index (κ2) is 12.3. The van der Waals surface area contributed by atoms with Crippen LogP contribution >= 0.6 is 0 Å². The van der Waals surface area contributed by atoms with Crippen LogP contribution in [0.4, 0.5) is 29.7 Å². The largest absolute Gasteiger partial charge is 0.445 e. The zero-order valence-corrected chi connectivity index (χ0v) is 23.6. The Bertz CT molecular complexity index is 1560. The van der Waals surface area contributed by atoms with Gasteiger partial charge in [0.05, 0.1) is 24.2 Å². The van der Waals surface area contributed by atoms with Gasteiger partial charge in [-0.3, -0.25) is 9.08 Å². The molecule has 42 heavy (non-hydrogen) atoms. The van der Waals surface area contributed by atoms with E-state index in [4.69, 9.17) is 9.47 Å². The first-order valence-electron chi connectivity index (χ1n) is 13.2. The molecule has 1 atom stereocenters. The van der Waals surface area contributed by atoms with Gasteiger partial charge in [0, 0.05) is 31.7 Å². The van der Waals surface area contributed by atoms with Crippen molar-refractivity contribution in [2.45, 2.75) is 12.7 Å². The Balaban J connectivity index is 1.19. The predicted molar refractivity (Wildman–Crippen MR) is 151 cm³/mol. The molecule has 2 aliphatic heterocycles. The highest BCUT2D eigenvalue weighted by Gasteiger charge is 2.34. The summed E-state index contributed by atoms with van der Waals surface area (Å²) < 4.78 is 67.9. The molecule has 0 aliphatic carbocycles. The lowest BCUT2D eigenvalue weighted by molar-refractivity contribution is 0.0941. The van der Waals surface area contributed by atoms with E-state index in [1.54, 1.807) is 17.0 Å². The number of hydrogen-bond acceptors (Lipinski definition) is 8. The molecule has 0 aromatic heterocycles. The van der Waals surface area contributed by atoms with Crippen LogP contribution in [0.5, 0.6) is 0 Å². The molecular formula is C29H29F2N3O7S. The maximum Gasteiger partial charge on any atom is 0.414 e. The van der Waals surface area contributed by atoms with Crippen LogP contribution in [0.2, 0.25) is 0 Å². The maximum atomic E-state index is 15.2. The lowest BCUT2D eigenvalue weighted by Crippen LogP contribution is -2.49. The number of carbonyl (C=O) groups excluding carboxylic acids is 2. The van der Waals surface area contributed by atoms with Crippen LogP contribution in [0, 0.1) is 11.6 Å². The Morgan fingerprint density at radius 1 is 0.976 bits per heavy atom. The van der Waals surface area contributed by atoms with E-state index < -0.39 is 40.0 Å². The highest BCUT2D eigenvalue weighted by molar-refractivity contribution is 7.85. The van der Waals surface area contributed by atoms with Gasteiger partial charge in [-0.05, 0) is 41.5 Å². The molecule has 13 heteroatoms. The fraction of sp³-hybridized carbons (Fsp3) is 0.310. The Kier molecular flexibility index (Phi) is 8.59. The summed E-state index contributed by atoms with van der Waals surface area (Å²) >= 11 is 0. The first-order valence-corrected chi connectivity index (χ1v) is 15.0. The molecule has 0 N–H and O–H groups in total. The number of carbonyl (C=O) groups is 2. The number of hydrogen-bond donors (Lipinski definition) is 0. The first-order chi connectivity index (χ1) is 20.1. The van der Waals surface area contributed by atoms with E-state index in [-0.39, 0.29) is 31.0 Å². The van der Waals surface area contributed by atoms with E-state index in [2.05, 4.69) is 4.18 Å². The topological polar surface area (TPSA) is 106 Å². The number of rotatable bonds is 8. The number of amides is 2. The Morgan fingerprint density at radius 2 is 1.71 bits per heavy atom. The third-order valence-corrected chi connectivity index (χ3v) is 7.51. The zero-order valence-electron chi connectivity index (χ0n) is 22.7. The standard InChI is InChI=1S/C29H29F2N3O7S/c1-42(37,38)40-19-23-17-34(29(36)41-23)22-8-9-24(25(30)16-22)21-7-10-27(26(31)15-21)32-11-13-33(14-12-32)28(35)39-18-20-5-3-2-4-6-20/h2-10,15-16,23H,11-14,17-19H2,1H3/t23-/m1/s1. The molecule has 3 aromatic rings. The Hall–Kier alpha value is -4.23. The van der Waals surface area contributed by atoms with Crippen molar-refractivity contribution in [1.29, 1.82) is 0 Å².